The predicted octanol–water partition coefficient (Wildman–Crippen LogP) is 3.08. The van der Waals surface area contributed by atoms with Crippen LogP contribution < -0.4 is 10.6 Å². The highest BCUT2D eigenvalue weighted by Gasteiger charge is 2.04. The maximum Gasteiger partial charge on any atom is 0.134 e. The van der Waals surface area contributed by atoms with Crippen LogP contribution in [0.3, 0.4) is 0 Å². The van der Waals surface area contributed by atoms with E-state index in [9.17, 15) is 0 Å². The lowest BCUT2D eigenvalue weighted by atomic mass is 10.2. The molecule has 0 spiro atoms. The monoisotopic (exact) mass is 321 g/mol. The highest BCUT2D eigenvalue weighted by molar-refractivity contribution is 5.67. The van der Waals surface area contributed by atoms with Crippen molar-refractivity contribution in [3.8, 4) is 11.3 Å². The van der Waals surface area contributed by atoms with Crippen LogP contribution >= 0.6 is 0 Å². The lowest BCUT2D eigenvalue weighted by Gasteiger charge is -2.08. The van der Waals surface area contributed by atoms with Crippen molar-refractivity contribution in [2.24, 2.45) is 0 Å². The SMILES string of the molecule is OCCCNc1cc(-c2cc(Nc3ccccc3)ncn2)ccn1. The van der Waals surface area contributed by atoms with Gasteiger partial charge in [0.15, 0.2) is 0 Å². The van der Waals surface area contributed by atoms with E-state index in [2.05, 4.69) is 25.6 Å². The van der Waals surface area contributed by atoms with Gasteiger partial charge in [-0.05, 0) is 30.7 Å². The maximum atomic E-state index is 8.84. The van der Waals surface area contributed by atoms with Crippen LogP contribution in [0.2, 0.25) is 0 Å². The highest BCUT2D eigenvalue weighted by atomic mass is 16.3. The number of rotatable bonds is 7. The number of aliphatic hydroxyl groups is 1. The van der Waals surface area contributed by atoms with Crippen LogP contribution in [0, 0.1) is 0 Å². The summed E-state index contributed by atoms with van der Waals surface area (Å²) in [6.07, 6.45) is 3.97. The first-order chi connectivity index (χ1) is 11.8. The van der Waals surface area contributed by atoms with Gasteiger partial charge in [-0.3, -0.25) is 0 Å². The number of hydrogen-bond acceptors (Lipinski definition) is 6. The smallest absolute Gasteiger partial charge is 0.134 e. The minimum atomic E-state index is 0.160. The summed E-state index contributed by atoms with van der Waals surface area (Å²) in [7, 11) is 0. The molecule has 0 atom stereocenters. The van der Waals surface area contributed by atoms with Gasteiger partial charge in [-0.2, -0.15) is 0 Å². The van der Waals surface area contributed by atoms with Crippen molar-refractivity contribution in [1.82, 2.24) is 15.0 Å². The number of pyridine rings is 1. The molecule has 0 radical (unpaired) electrons. The first-order valence-corrected chi connectivity index (χ1v) is 7.80. The van der Waals surface area contributed by atoms with Gasteiger partial charge in [0.2, 0.25) is 0 Å². The second-order valence-electron chi connectivity index (χ2n) is 5.21. The minimum absolute atomic E-state index is 0.160. The Hall–Kier alpha value is -2.99. The van der Waals surface area contributed by atoms with E-state index in [1.165, 1.54) is 0 Å². The summed E-state index contributed by atoms with van der Waals surface area (Å²) in [5.74, 6) is 1.50. The van der Waals surface area contributed by atoms with Crippen molar-refractivity contribution in [3.63, 3.8) is 0 Å². The van der Waals surface area contributed by atoms with Gasteiger partial charge in [-0.1, -0.05) is 18.2 Å². The third-order valence-electron chi connectivity index (χ3n) is 3.41. The van der Waals surface area contributed by atoms with Crippen molar-refractivity contribution in [2.45, 2.75) is 6.42 Å². The number of hydrogen-bond donors (Lipinski definition) is 3. The van der Waals surface area contributed by atoms with Gasteiger partial charge in [-0.15, -0.1) is 0 Å². The molecule has 1 aromatic carbocycles. The molecule has 24 heavy (non-hydrogen) atoms. The Bertz CT molecular complexity index is 779. The van der Waals surface area contributed by atoms with E-state index in [4.69, 9.17) is 5.11 Å². The van der Waals surface area contributed by atoms with Gasteiger partial charge in [0.05, 0.1) is 5.69 Å². The van der Waals surface area contributed by atoms with Crippen LogP contribution in [-0.4, -0.2) is 33.2 Å². The fourth-order valence-electron chi connectivity index (χ4n) is 2.23. The van der Waals surface area contributed by atoms with E-state index in [0.29, 0.717) is 13.0 Å². The minimum Gasteiger partial charge on any atom is -0.396 e. The largest absolute Gasteiger partial charge is 0.396 e. The number of para-hydroxylation sites is 1. The molecule has 3 rings (SSSR count). The Morgan fingerprint density at radius 3 is 2.62 bits per heavy atom. The van der Waals surface area contributed by atoms with E-state index >= 15 is 0 Å². The van der Waals surface area contributed by atoms with Gasteiger partial charge in [0, 0.05) is 36.7 Å². The molecule has 0 aliphatic heterocycles. The second-order valence-corrected chi connectivity index (χ2v) is 5.21. The molecule has 0 unspecified atom stereocenters. The van der Waals surface area contributed by atoms with Crippen molar-refractivity contribution < 1.29 is 5.11 Å². The zero-order chi connectivity index (χ0) is 16.6. The molecule has 0 saturated heterocycles. The standard InChI is InChI=1S/C18H19N5O/c24-10-4-8-19-17-11-14(7-9-20-17)16-12-18(22-13-21-16)23-15-5-2-1-3-6-15/h1-3,5-7,9,11-13,24H,4,8,10H2,(H,19,20)(H,21,22,23). The van der Waals surface area contributed by atoms with Crippen molar-refractivity contribution >= 4 is 17.3 Å². The number of anilines is 3. The molecule has 6 heteroatoms. The number of aliphatic hydroxyl groups excluding tert-OH is 1. The number of nitrogens with one attached hydrogen (secondary N) is 2. The molecule has 2 aromatic heterocycles. The quantitative estimate of drug-likeness (QED) is 0.580. The molecule has 3 N–H and O–H groups in total. The first kappa shape index (κ1) is 15.9. The van der Waals surface area contributed by atoms with Crippen LogP contribution in [0.1, 0.15) is 6.42 Å². The number of benzene rings is 1. The van der Waals surface area contributed by atoms with Gasteiger partial charge >= 0.3 is 0 Å². The van der Waals surface area contributed by atoms with Crippen molar-refractivity contribution in [1.29, 1.82) is 0 Å². The maximum absolute atomic E-state index is 8.84. The van der Waals surface area contributed by atoms with E-state index in [0.717, 1.165) is 28.6 Å². The Kier molecular flexibility index (Phi) is 5.32. The van der Waals surface area contributed by atoms with E-state index < -0.39 is 0 Å². The fraction of sp³-hybridized carbons (Fsp3) is 0.167. The van der Waals surface area contributed by atoms with Crippen LogP contribution in [0.5, 0.6) is 0 Å². The Morgan fingerprint density at radius 1 is 0.917 bits per heavy atom. The Balaban J connectivity index is 1.77. The van der Waals surface area contributed by atoms with Crippen molar-refractivity contribution in [3.05, 3.63) is 61.1 Å². The number of aromatic nitrogens is 3. The molecule has 0 amide bonds. The predicted molar refractivity (Wildman–Crippen MR) is 95.2 cm³/mol. The van der Waals surface area contributed by atoms with Crippen LogP contribution in [0.4, 0.5) is 17.3 Å². The Morgan fingerprint density at radius 2 is 1.79 bits per heavy atom. The summed E-state index contributed by atoms with van der Waals surface area (Å²) < 4.78 is 0. The lowest BCUT2D eigenvalue weighted by Crippen LogP contribution is -2.05. The van der Waals surface area contributed by atoms with E-state index in [1.807, 2.05) is 48.5 Å². The zero-order valence-corrected chi connectivity index (χ0v) is 13.2. The van der Waals surface area contributed by atoms with Crippen LogP contribution in [-0.2, 0) is 0 Å². The highest BCUT2D eigenvalue weighted by Crippen LogP contribution is 2.22. The van der Waals surface area contributed by atoms with E-state index in [1.54, 1.807) is 12.5 Å². The Labute approximate surface area is 140 Å². The third-order valence-corrected chi connectivity index (χ3v) is 3.41. The molecule has 0 aliphatic carbocycles. The molecule has 6 nitrogen and oxygen atoms in total. The zero-order valence-electron chi connectivity index (χ0n) is 13.2. The van der Waals surface area contributed by atoms with Crippen LogP contribution in [0.25, 0.3) is 11.3 Å². The topological polar surface area (TPSA) is 83.0 Å². The molecule has 0 saturated carbocycles. The number of nitrogens with zero attached hydrogens (tertiary/aromatic N) is 3. The van der Waals surface area contributed by atoms with Gasteiger partial charge < -0.3 is 15.7 Å². The summed E-state index contributed by atoms with van der Waals surface area (Å²) in [5.41, 5.74) is 2.74. The molecular weight excluding hydrogens is 302 g/mol. The molecule has 0 bridgehead atoms. The molecular formula is C18H19N5O. The molecule has 3 aromatic rings. The summed E-state index contributed by atoms with van der Waals surface area (Å²) in [4.78, 5) is 12.9. The average Bonchev–Trinajstić information content (AvgIpc) is 2.63. The molecule has 2 heterocycles. The molecule has 0 fully saturated rings. The molecule has 0 aliphatic rings. The van der Waals surface area contributed by atoms with Gasteiger partial charge in [0.25, 0.3) is 0 Å². The fourth-order valence-corrected chi connectivity index (χ4v) is 2.23. The van der Waals surface area contributed by atoms with Gasteiger partial charge in [-0.25, -0.2) is 15.0 Å². The lowest BCUT2D eigenvalue weighted by molar-refractivity contribution is 0.292. The third kappa shape index (κ3) is 4.27. The average molecular weight is 321 g/mol. The van der Waals surface area contributed by atoms with Gasteiger partial charge in [0.1, 0.15) is 18.0 Å². The summed E-state index contributed by atoms with van der Waals surface area (Å²) >= 11 is 0. The summed E-state index contributed by atoms with van der Waals surface area (Å²) in [6, 6.07) is 15.6. The van der Waals surface area contributed by atoms with Crippen molar-refractivity contribution in [2.75, 3.05) is 23.8 Å². The summed E-state index contributed by atoms with van der Waals surface area (Å²) in [5, 5.41) is 15.3. The molecule has 122 valence electrons. The van der Waals surface area contributed by atoms with E-state index in [-0.39, 0.29) is 6.61 Å². The normalized spacial score (nSPS) is 10.4. The first-order valence-electron chi connectivity index (χ1n) is 7.80. The summed E-state index contributed by atoms with van der Waals surface area (Å²) in [6.45, 7) is 0.838. The van der Waals surface area contributed by atoms with Crippen LogP contribution in [0.15, 0.2) is 61.1 Å². The second kappa shape index (κ2) is 8.03.